The first kappa shape index (κ1) is 14.5. The maximum Gasteiger partial charge on any atom is 0.267 e. The molecule has 0 spiro atoms. The molecule has 22 heavy (non-hydrogen) atoms. The second kappa shape index (κ2) is 6.15. The van der Waals surface area contributed by atoms with Crippen LogP contribution >= 0.6 is 0 Å². The Kier molecular flexibility index (Phi) is 4.06. The van der Waals surface area contributed by atoms with E-state index in [9.17, 15) is 4.79 Å². The normalized spacial score (nSPS) is 16.0. The summed E-state index contributed by atoms with van der Waals surface area (Å²) in [6.45, 7) is 6.33. The van der Waals surface area contributed by atoms with E-state index in [1.54, 1.807) is 12.3 Å². The summed E-state index contributed by atoms with van der Waals surface area (Å²) in [5.74, 6) is 0.339. The number of amides is 1. The van der Waals surface area contributed by atoms with Crippen LogP contribution in [0.4, 0.5) is 5.69 Å². The predicted molar refractivity (Wildman–Crippen MR) is 81.5 cm³/mol. The summed E-state index contributed by atoms with van der Waals surface area (Å²) < 4.78 is 5.09. The first-order valence-electron chi connectivity index (χ1n) is 7.27. The zero-order chi connectivity index (χ0) is 15.5. The van der Waals surface area contributed by atoms with Crippen molar-refractivity contribution in [3.63, 3.8) is 0 Å². The van der Waals surface area contributed by atoms with Crippen molar-refractivity contribution in [2.75, 3.05) is 31.1 Å². The van der Waals surface area contributed by atoms with E-state index >= 15 is 0 Å². The van der Waals surface area contributed by atoms with Crippen LogP contribution in [0.2, 0.25) is 0 Å². The van der Waals surface area contributed by atoms with Gasteiger partial charge in [-0.15, -0.1) is 0 Å². The minimum absolute atomic E-state index is 0.304. The van der Waals surface area contributed by atoms with Gasteiger partial charge in [-0.1, -0.05) is 5.16 Å². The topological polar surface area (TPSA) is 88.5 Å². The van der Waals surface area contributed by atoms with Crippen LogP contribution in [-0.4, -0.2) is 47.1 Å². The molecule has 0 unspecified atom stereocenters. The minimum Gasteiger partial charge on any atom is -0.369 e. The highest BCUT2D eigenvalue weighted by Crippen LogP contribution is 2.17. The number of primary amides is 1. The number of nitrogens with zero attached hydrogens (tertiary/aromatic N) is 4. The molecule has 116 valence electrons. The Hall–Kier alpha value is -2.41. The van der Waals surface area contributed by atoms with Crippen LogP contribution in [-0.2, 0) is 6.54 Å². The van der Waals surface area contributed by atoms with Crippen LogP contribution in [0, 0.1) is 6.92 Å². The minimum atomic E-state index is -0.498. The SMILES string of the molecule is Cc1cc(CN2CCN(c3ccnc(C(N)=O)c3)CC2)no1. The van der Waals surface area contributed by atoms with Gasteiger partial charge in [0.2, 0.25) is 0 Å². The smallest absolute Gasteiger partial charge is 0.267 e. The van der Waals surface area contributed by atoms with E-state index < -0.39 is 5.91 Å². The van der Waals surface area contributed by atoms with Crippen molar-refractivity contribution in [3.05, 3.63) is 41.5 Å². The lowest BCUT2D eigenvalue weighted by Gasteiger charge is -2.35. The Bertz CT molecular complexity index is 661. The third kappa shape index (κ3) is 3.25. The largest absolute Gasteiger partial charge is 0.369 e. The molecule has 3 rings (SSSR count). The fourth-order valence-corrected chi connectivity index (χ4v) is 2.64. The van der Waals surface area contributed by atoms with Gasteiger partial charge in [-0.25, -0.2) is 0 Å². The van der Waals surface area contributed by atoms with Crippen LogP contribution in [0.25, 0.3) is 0 Å². The van der Waals surface area contributed by atoms with Gasteiger partial charge in [-0.05, 0) is 19.1 Å². The monoisotopic (exact) mass is 301 g/mol. The molecule has 7 heteroatoms. The number of hydrogen-bond acceptors (Lipinski definition) is 6. The van der Waals surface area contributed by atoms with E-state index in [4.69, 9.17) is 10.3 Å². The first-order chi connectivity index (χ1) is 10.6. The number of carbonyl (C=O) groups is 1. The van der Waals surface area contributed by atoms with Crippen LogP contribution in [0.3, 0.4) is 0 Å². The lowest BCUT2D eigenvalue weighted by molar-refractivity contribution is 0.0995. The molecular weight excluding hydrogens is 282 g/mol. The summed E-state index contributed by atoms with van der Waals surface area (Å²) in [6, 6.07) is 5.62. The Morgan fingerprint density at radius 3 is 2.73 bits per heavy atom. The highest BCUT2D eigenvalue weighted by atomic mass is 16.5. The Labute approximate surface area is 128 Å². The van der Waals surface area contributed by atoms with Crippen LogP contribution in [0.1, 0.15) is 21.9 Å². The van der Waals surface area contributed by atoms with Gasteiger partial charge in [0.05, 0.1) is 5.69 Å². The average Bonchev–Trinajstić information content (AvgIpc) is 2.93. The van der Waals surface area contributed by atoms with Crippen molar-refractivity contribution in [2.45, 2.75) is 13.5 Å². The number of pyridine rings is 1. The zero-order valence-corrected chi connectivity index (χ0v) is 12.5. The summed E-state index contributed by atoms with van der Waals surface area (Å²) >= 11 is 0. The Balaban J connectivity index is 1.59. The summed E-state index contributed by atoms with van der Waals surface area (Å²) in [7, 11) is 0. The standard InChI is InChI=1S/C15H19N5O2/c1-11-8-12(18-22-11)10-19-4-6-20(7-5-19)13-2-3-17-14(9-13)15(16)21/h2-3,8-9H,4-7,10H2,1H3,(H2,16,21). The molecule has 0 aliphatic carbocycles. The van der Waals surface area contributed by atoms with Crippen LogP contribution in [0.5, 0.6) is 0 Å². The molecule has 0 radical (unpaired) electrons. The van der Waals surface area contributed by atoms with Crippen molar-refractivity contribution < 1.29 is 9.32 Å². The molecule has 7 nitrogen and oxygen atoms in total. The number of rotatable bonds is 4. The maximum absolute atomic E-state index is 11.2. The fourth-order valence-electron chi connectivity index (χ4n) is 2.64. The van der Waals surface area contributed by atoms with Crippen LogP contribution in [0.15, 0.2) is 28.9 Å². The number of anilines is 1. The molecule has 0 aromatic carbocycles. The van der Waals surface area contributed by atoms with E-state index in [2.05, 4.69) is 19.9 Å². The van der Waals surface area contributed by atoms with Gasteiger partial charge in [0, 0.05) is 50.7 Å². The van der Waals surface area contributed by atoms with Gasteiger partial charge in [0.15, 0.2) is 0 Å². The molecular formula is C15H19N5O2. The van der Waals surface area contributed by atoms with Crippen molar-refractivity contribution in [1.82, 2.24) is 15.0 Å². The summed E-state index contributed by atoms with van der Waals surface area (Å²) in [4.78, 5) is 19.8. The van der Waals surface area contributed by atoms with Crippen molar-refractivity contribution in [3.8, 4) is 0 Å². The Morgan fingerprint density at radius 1 is 1.32 bits per heavy atom. The molecule has 1 fully saturated rings. The number of aromatic nitrogens is 2. The average molecular weight is 301 g/mol. The number of hydrogen-bond donors (Lipinski definition) is 1. The Morgan fingerprint density at radius 2 is 2.09 bits per heavy atom. The van der Waals surface area contributed by atoms with E-state index in [1.165, 1.54) is 0 Å². The number of piperazine rings is 1. The van der Waals surface area contributed by atoms with Crippen molar-refractivity contribution in [1.29, 1.82) is 0 Å². The first-order valence-corrected chi connectivity index (χ1v) is 7.27. The van der Waals surface area contributed by atoms with Gasteiger partial charge >= 0.3 is 0 Å². The second-order valence-corrected chi connectivity index (χ2v) is 5.46. The predicted octanol–water partition coefficient (Wildman–Crippen LogP) is 0.799. The summed E-state index contributed by atoms with van der Waals surface area (Å²) in [6.07, 6.45) is 1.62. The van der Waals surface area contributed by atoms with E-state index in [1.807, 2.05) is 19.1 Å². The summed E-state index contributed by atoms with van der Waals surface area (Å²) in [5, 5.41) is 4.03. The molecule has 2 N–H and O–H groups in total. The van der Waals surface area contributed by atoms with Gasteiger partial charge < -0.3 is 15.2 Å². The molecule has 0 saturated carbocycles. The lowest BCUT2D eigenvalue weighted by Crippen LogP contribution is -2.46. The molecule has 1 aliphatic rings. The van der Waals surface area contributed by atoms with E-state index in [0.29, 0.717) is 5.69 Å². The molecule has 3 heterocycles. The van der Waals surface area contributed by atoms with Gasteiger partial charge in [0.1, 0.15) is 11.5 Å². The van der Waals surface area contributed by atoms with Crippen molar-refractivity contribution >= 4 is 11.6 Å². The molecule has 2 aromatic heterocycles. The fraction of sp³-hybridized carbons (Fsp3) is 0.400. The molecule has 0 bridgehead atoms. The third-order valence-electron chi connectivity index (χ3n) is 3.80. The molecule has 1 saturated heterocycles. The van der Waals surface area contributed by atoms with Crippen LogP contribution < -0.4 is 10.6 Å². The second-order valence-electron chi connectivity index (χ2n) is 5.46. The van der Waals surface area contributed by atoms with Gasteiger partial charge in [-0.2, -0.15) is 0 Å². The quantitative estimate of drug-likeness (QED) is 0.898. The maximum atomic E-state index is 11.2. The molecule has 1 aliphatic heterocycles. The highest BCUT2D eigenvalue weighted by Gasteiger charge is 2.19. The van der Waals surface area contributed by atoms with E-state index in [0.717, 1.165) is 49.9 Å². The molecule has 0 atom stereocenters. The van der Waals surface area contributed by atoms with Crippen molar-refractivity contribution in [2.24, 2.45) is 5.73 Å². The lowest BCUT2D eigenvalue weighted by atomic mass is 10.2. The van der Waals surface area contributed by atoms with E-state index in [-0.39, 0.29) is 0 Å². The highest BCUT2D eigenvalue weighted by molar-refractivity contribution is 5.91. The molecule has 1 amide bonds. The number of carbonyl (C=O) groups excluding carboxylic acids is 1. The number of nitrogens with two attached hydrogens (primary N) is 1. The third-order valence-corrected chi connectivity index (χ3v) is 3.80. The van der Waals surface area contributed by atoms with Gasteiger partial charge in [-0.3, -0.25) is 14.7 Å². The molecule has 2 aromatic rings. The summed E-state index contributed by atoms with van der Waals surface area (Å²) in [5.41, 5.74) is 7.53. The van der Waals surface area contributed by atoms with Gasteiger partial charge in [0.25, 0.3) is 5.91 Å². The zero-order valence-electron chi connectivity index (χ0n) is 12.5. The number of aryl methyl sites for hydroxylation is 1.